The Morgan fingerprint density at radius 2 is 1.79 bits per heavy atom. The van der Waals surface area contributed by atoms with Gasteiger partial charge in [0.05, 0.1) is 28.4 Å². The molecule has 7 heteroatoms. The molecule has 0 saturated carbocycles. The van der Waals surface area contributed by atoms with Crippen LogP contribution in [0.5, 0.6) is 0 Å². The Balaban J connectivity index is 2.37. The SMILES string of the molecule is COC(=O)c1ccccc1-c1c(Br)c2cc(CBr)ccc2n1C(=O)OC(C)(C)C. The van der Waals surface area contributed by atoms with E-state index in [1.807, 2.05) is 45.0 Å². The van der Waals surface area contributed by atoms with Crippen LogP contribution in [0.15, 0.2) is 46.9 Å². The summed E-state index contributed by atoms with van der Waals surface area (Å²) < 4.78 is 12.8. The molecule has 5 nitrogen and oxygen atoms in total. The van der Waals surface area contributed by atoms with Gasteiger partial charge in [-0.15, -0.1) is 0 Å². The molecule has 0 aliphatic rings. The summed E-state index contributed by atoms with van der Waals surface area (Å²) in [5.74, 6) is -0.477. The van der Waals surface area contributed by atoms with E-state index < -0.39 is 17.7 Å². The zero-order valence-corrected chi connectivity index (χ0v) is 19.8. The van der Waals surface area contributed by atoms with Crippen molar-refractivity contribution in [3.8, 4) is 11.3 Å². The van der Waals surface area contributed by atoms with E-state index in [0.717, 1.165) is 10.9 Å². The van der Waals surface area contributed by atoms with Crippen LogP contribution in [0.25, 0.3) is 22.2 Å². The molecule has 0 unspecified atom stereocenters. The number of ether oxygens (including phenoxy) is 2. The number of aromatic nitrogens is 1. The van der Waals surface area contributed by atoms with Crippen LogP contribution >= 0.6 is 31.9 Å². The highest BCUT2D eigenvalue weighted by Crippen LogP contribution is 2.40. The molecule has 0 aliphatic heterocycles. The minimum absolute atomic E-state index is 0.365. The summed E-state index contributed by atoms with van der Waals surface area (Å²) in [6.07, 6.45) is -0.519. The van der Waals surface area contributed by atoms with Gasteiger partial charge in [0.15, 0.2) is 0 Å². The molecule has 3 aromatic rings. The molecule has 1 heterocycles. The van der Waals surface area contributed by atoms with Crippen LogP contribution in [0.1, 0.15) is 36.7 Å². The van der Waals surface area contributed by atoms with Crippen LogP contribution in [0, 0.1) is 0 Å². The second-order valence-electron chi connectivity index (χ2n) is 7.50. The van der Waals surface area contributed by atoms with Crippen LogP contribution in [0.3, 0.4) is 0 Å². The van der Waals surface area contributed by atoms with Gasteiger partial charge in [-0.05, 0) is 60.5 Å². The molecule has 1 aromatic heterocycles. The molecule has 2 aromatic carbocycles. The number of methoxy groups -OCH3 is 1. The molecule has 0 aliphatic carbocycles. The zero-order valence-electron chi connectivity index (χ0n) is 16.6. The number of hydrogen-bond acceptors (Lipinski definition) is 4. The van der Waals surface area contributed by atoms with E-state index in [1.54, 1.807) is 18.2 Å². The van der Waals surface area contributed by atoms with Crippen molar-refractivity contribution in [3.63, 3.8) is 0 Å². The molecular weight excluding hydrogens is 502 g/mol. The molecular formula is C22H21Br2NO4. The second kappa shape index (κ2) is 8.32. The fourth-order valence-electron chi connectivity index (χ4n) is 3.10. The van der Waals surface area contributed by atoms with Gasteiger partial charge in [0, 0.05) is 16.3 Å². The Labute approximate surface area is 186 Å². The first-order chi connectivity index (χ1) is 13.7. The van der Waals surface area contributed by atoms with E-state index in [2.05, 4.69) is 31.9 Å². The van der Waals surface area contributed by atoms with Crippen LogP contribution in [0.2, 0.25) is 0 Å². The Morgan fingerprint density at radius 1 is 1.10 bits per heavy atom. The van der Waals surface area contributed by atoms with Crippen LogP contribution in [0.4, 0.5) is 4.79 Å². The van der Waals surface area contributed by atoms with Gasteiger partial charge in [-0.3, -0.25) is 0 Å². The highest BCUT2D eigenvalue weighted by atomic mass is 79.9. The van der Waals surface area contributed by atoms with Gasteiger partial charge in [0.25, 0.3) is 0 Å². The average molecular weight is 523 g/mol. The van der Waals surface area contributed by atoms with Crippen molar-refractivity contribution in [3.05, 3.63) is 58.1 Å². The van der Waals surface area contributed by atoms with Gasteiger partial charge in [-0.25, -0.2) is 14.2 Å². The molecule has 0 radical (unpaired) electrons. The quantitative estimate of drug-likeness (QED) is 0.289. The van der Waals surface area contributed by atoms with E-state index in [1.165, 1.54) is 11.7 Å². The van der Waals surface area contributed by atoms with E-state index in [-0.39, 0.29) is 0 Å². The largest absolute Gasteiger partial charge is 0.465 e. The van der Waals surface area contributed by atoms with Gasteiger partial charge in [0.2, 0.25) is 0 Å². The summed E-state index contributed by atoms with van der Waals surface area (Å²) in [5.41, 5.74) is 2.56. The van der Waals surface area contributed by atoms with Crippen molar-refractivity contribution < 1.29 is 19.1 Å². The van der Waals surface area contributed by atoms with Crippen molar-refractivity contribution in [2.24, 2.45) is 0 Å². The number of nitrogens with zero attached hydrogens (tertiary/aromatic N) is 1. The molecule has 0 spiro atoms. The normalized spacial score (nSPS) is 11.5. The summed E-state index contributed by atoms with van der Waals surface area (Å²) >= 11 is 7.13. The summed E-state index contributed by atoms with van der Waals surface area (Å²) in [5, 5.41) is 1.53. The third-order valence-corrected chi connectivity index (χ3v) is 5.74. The molecule has 0 atom stereocenters. The molecule has 0 amide bonds. The molecule has 0 N–H and O–H groups in total. The number of benzene rings is 2. The van der Waals surface area contributed by atoms with E-state index >= 15 is 0 Å². The van der Waals surface area contributed by atoms with Gasteiger partial charge in [0.1, 0.15) is 5.60 Å². The minimum atomic E-state index is -0.672. The minimum Gasteiger partial charge on any atom is -0.465 e. The average Bonchev–Trinajstić information content (AvgIpc) is 2.98. The zero-order chi connectivity index (χ0) is 21.3. The monoisotopic (exact) mass is 521 g/mol. The number of fused-ring (bicyclic) bond motifs is 1. The number of hydrogen-bond donors (Lipinski definition) is 0. The maximum atomic E-state index is 13.2. The topological polar surface area (TPSA) is 57.5 Å². The highest BCUT2D eigenvalue weighted by Gasteiger charge is 2.28. The lowest BCUT2D eigenvalue weighted by atomic mass is 10.0. The van der Waals surface area contributed by atoms with Crippen molar-refractivity contribution >= 4 is 54.8 Å². The Bertz CT molecular complexity index is 1100. The van der Waals surface area contributed by atoms with E-state index in [0.29, 0.717) is 32.1 Å². The Kier molecular flexibility index (Phi) is 6.19. The maximum absolute atomic E-state index is 13.2. The number of carbonyl (C=O) groups excluding carboxylic acids is 2. The van der Waals surface area contributed by atoms with Crippen molar-refractivity contribution in [1.29, 1.82) is 0 Å². The molecule has 152 valence electrons. The molecule has 0 bridgehead atoms. The lowest BCUT2D eigenvalue weighted by Crippen LogP contribution is -2.27. The smallest absolute Gasteiger partial charge is 0.419 e. The Hall–Kier alpha value is -2.12. The fourth-order valence-corrected chi connectivity index (χ4v) is 4.15. The van der Waals surface area contributed by atoms with Crippen molar-refractivity contribution in [1.82, 2.24) is 4.57 Å². The predicted octanol–water partition coefficient (Wildman–Crippen LogP) is 6.54. The number of carbonyl (C=O) groups is 2. The first-order valence-corrected chi connectivity index (χ1v) is 10.9. The van der Waals surface area contributed by atoms with Gasteiger partial charge in [-0.1, -0.05) is 40.2 Å². The summed E-state index contributed by atoms with van der Waals surface area (Å²) in [4.78, 5) is 25.6. The van der Waals surface area contributed by atoms with Crippen LogP contribution in [-0.4, -0.2) is 29.3 Å². The Morgan fingerprint density at radius 3 is 2.41 bits per heavy atom. The molecule has 29 heavy (non-hydrogen) atoms. The van der Waals surface area contributed by atoms with Crippen LogP contribution in [-0.2, 0) is 14.8 Å². The van der Waals surface area contributed by atoms with Gasteiger partial charge >= 0.3 is 12.1 Å². The van der Waals surface area contributed by atoms with Crippen molar-refractivity contribution in [2.45, 2.75) is 31.7 Å². The predicted molar refractivity (Wildman–Crippen MR) is 121 cm³/mol. The van der Waals surface area contributed by atoms with E-state index in [9.17, 15) is 9.59 Å². The maximum Gasteiger partial charge on any atom is 0.419 e. The molecule has 0 fully saturated rings. The standard InChI is InChI=1S/C22H21Br2NO4/c1-22(2,3)29-21(27)25-17-10-9-13(12-23)11-16(17)18(24)19(25)14-7-5-6-8-15(14)20(26)28-4/h5-11H,12H2,1-4H3. The van der Waals surface area contributed by atoms with Crippen LogP contribution < -0.4 is 0 Å². The lowest BCUT2D eigenvalue weighted by Gasteiger charge is -2.21. The number of alkyl halides is 1. The number of halogens is 2. The third-order valence-electron chi connectivity index (χ3n) is 4.29. The second-order valence-corrected chi connectivity index (χ2v) is 8.85. The number of esters is 1. The molecule has 3 rings (SSSR count). The lowest BCUT2D eigenvalue weighted by molar-refractivity contribution is 0.0543. The first kappa shape index (κ1) is 21.6. The summed E-state index contributed by atoms with van der Waals surface area (Å²) in [6, 6.07) is 12.9. The molecule has 0 saturated heterocycles. The van der Waals surface area contributed by atoms with Gasteiger partial charge in [-0.2, -0.15) is 0 Å². The fraction of sp³-hybridized carbons (Fsp3) is 0.273. The van der Waals surface area contributed by atoms with E-state index in [4.69, 9.17) is 9.47 Å². The van der Waals surface area contributed by atoms with Gasteiger partial charge < -0.3 is 9.47 Å². The summed E-state index contributed by atoms with van der Waals surface area (Å²) in [7, 11) is 1.33. The summed E-state index contributed by atoms with van der Waals surface area (Å²) in [6.45, 7) is 5.45. The first-order valence-electron chi connectivity index (χ1n) is 8.97. The number of rotatable bonds is 3. The third kappa shape index (κ3) is 4.26. The van der Waals surface area contributed by atoms with Crippen molar-refractivity contribution in [2.75, 3.05) is 7.11 Å². The highest BCUT2D eigenvalue weighted by molar-refractivity contribution is 9.10.